The number of halogens is 3. The Kier molecular flexibility index (Phi) is 7.73. The molecule has 0 bridgehead atoms. The Labute approximate surface area is 216 Å². The van der Waals surface area contributed by atoms with Gasteiger partial charge >= 0.3 is 0 Å². The second-order valence-electron chi connectivity index (χ2n) is 7.13. The van der Waals surface area contributed by atoms with Crippen molar-refractivity contribution in [2.45, 2.75) is 13.5 Å². The highest BCUT2D eigenvalue weighted by atomic mass is 35.5. The van der Waals surface area contributed by atoms with Crippen molar-refractivity contribution in [1.82, 2.24) is 0 Å². The first-order valence-corrected chi connectivity index (χ1v) is 12.2. The van der Waals surface area contributed by atoms with E-state index in [1.807, 2.05) is 6.92 Å². The maximum Gasteiger partial charge on any atom is 0.298 e. The molecule has 1 heterocycles. The summed E-state index contributed by atoms with van der Waals surface area (Å²) in [6.07, 6.45) is 1.64. The number of carbonyl (C=O) groups excluding carboxylic acids is 2. The van der Waals surface area contributed by atoms with Crippen LogP contribution < -0.4 is 14.4 Å². The van der Waals surface area contributed by atoms with Crippen LogP contribution >= 0.6 is 46.6 Å². The van der Waals surface area contributed by atoms with Crippen LogP contribution in [0.5, 0.6) is 11.5 Å². The zero-order chi connectivity index (χ0) is 24.2. The third kappa shape index (κ3) is 5.36. The van der Waals surface area contributed by atoms with Crippen LogP contribution in [0.15, 0.2) is 65.6 Å². The summed E-state index contributed by atoms with van der Waals surface area (Å²) in [5.41, 5.74) is 1.82. The van der Waals surface area contributed by atoms with Crippen LogP contribution in [-0.4, -0.2) is 17.8 Å². The van der Waals surface area contributed by atoms with Crippen molar-refractivity contribution in [2.24, 2.45) is 0 Å². The summed E-state index contributed by atoms with van der Waals surface area (Å²) in [6.45, 7) is 2.51. The molecule has 0 saturated carbocycles. The maximum atomic E-state index is 12.9. The molecule has 0 aromatic heterocycles. The van der Waals surface area contributed by atoms with Gasteiger partial charge in [-0.15, -0.1) is 0 Å². The highest BCUT2D eigenvalue weighted by Crippen LogP contribution is 2.39. The zero-order valence-electron chi connectivity index (χ0n) is 17.9. The Bertz CT molecular complexity index is 1290. The summed E-state index contributed by atoms with van der Waals surface area (Å²) in [7, 11) is 0. The first-order valence-electron chi connectivity index (χ1n) is 10.2. The molecule has 0 aliphatic carbocycles. The summed E-state index contributed by atoms with van der Waals surface area (Å²) in [5, 5.41) is 0.976. The summed E-state index contributed by atoms with van der Waals surface area (Å²) >= 11 is 19.2. The van der Waals surface area contributed by atoms with Crippen LogP contribution in [0.2, 0.25) is 15.1 Å². The molecule has 3 aromatic carbocycles. The number of amides is 2. The van der Waals surface area contributed by atoms with E-state index in [0.717, 1.165) is 22.2 Å². The molecule has 34 heavy (non-hydrogen) atoms. The van der Waals surface area contributed by atoms with Gasteiger partial charge in [0.1, 0.15) is 6.61 Å². The number of carbonyl (C=O) groups is 2. The molecule has 1 fully saturated rings. The molecule has 0 N–H and O–H groups in total. The molecule has 5 nitrogen and oxygen atoms in total. The van der Waals surface area contributed by atoms with Gasteiger partial charge in [-0.3, -0.25) is 9.59 Å². The molecule has 4 rings (SSSR count). The summed E-state index contributed by atoms with van der Waals surface area (Å²) in [4.78, 5) is 26.8. The molecule has 9 heteroatoms. The number of anilines is 1. The number of nitrogens with zero attached hydrogens (tertiary/aromatic N) is 1. The summed E-state index contributed by atoms with van der Waals surface area (Å²) < 4.78 is 11.7. The van der Waals surface area contributed by atoms with Crippen molar-refractivity contribution < 1.29 is 19.1 Å². The van der Waals surface area contributed by atoms with Gasteiger partial charge < -0.3 is 9.47 Å². The molecule has 0 spiro atoms. The first-order chi connectivity index (χ1) is 16.4. The molecule has 2 amide bonds. The number of rotatable bonds is 7. The van der Waals surface area contributed by atoms with E-state index >= 15 is 0 Å². The minimum absolute atomic E-state index is 0.228. The van der Waals surface area contributed by atoms with Crippen LogP contribution in [0.4, 0.5) is 10.5 Å². The quantitative estimate of drug-likeness (QED) is 0.289. The molecule has 3 aromatic rings. The fourth-order valence-corrected chi connectivity index (χ4v) is 4.77. The Morgan fingerprint density at radius 1 is 0.912 bits per heavy atom. The lowest BCUT2D eigenvalue weighted by molar-refractivity contribution is -0.113. The molecular weight excluding hydrogens is 517 g/mol. The monoisotopic (exact) mass is 533 g/mol. The third-order valence-electron chi connectivity index (χ3n) is 4.85. The van der Waals surface area contributed by atoms with Crippen LogP contribution in [0.25, 0.3) is 6.08 Å². The lowest BCUT2D eigenvalue weighted by Gasteiger charge is -2.14. The molecule has 1 saturated heterocycles. The van der Waals surface area contributed by atoms with Gasteiger partial charge in [-0.1, -0.05) is 59.1 Å². The van der Waals surface area contributed by atoms with E-state index in [2.05, 4.69) is 0 Å². The van der Waals surface area contributed by atoms with Crippen molar-refractivity contribution in [1.29, 1.82) is 0 Å². The van der Waals surface area contributed by atoms with Crippen molar-refractivity contribution in [3.63, 3.8) is 0 Å². The van der Waals surface area contributed by atoms with Crippen molar-refractivity contribution in [3.8, 4) is 11.5 Å². The van der Waals surface area contributed by atoms with E-state index < -0.39 is 11.1 Å². The smallest absolute Gasteiger partial charge is 0.298 e. The molecule has 1 aliphatic heterocycles. The average Bonchev–Trinajstić information content (AvgIpc) is 3.07. The van der Waals surface area contributed by atoms with Crippen molar-refractivity contribution in [2.75, 3.05) is 11.5 Å². The zero-order valence-corrected chi connectivity index (χ0v) is 21.0. The lowest BCUT2D eigenvalue weighted by Crippen LogP contribution is -2.27. The maximum absolute atomic E-state index is 12.9. The molecule has 0 radical (unpaired) electrons. The topological polar surface area (TPSA) is 55.8 Å². The Morgan fingerprint density at radius 2 is 1.71 bits per heavy atom. The predicted molar refractivity (Wildman–Crippen MR) is 138 cm³/mol. The standard InChI is InChI=1S/C25H18Cl3NO4S/c1-2-32-22-11-15(7-10-21(22)33-14-16-8-9-17(26)13-19(16)28)12-23-24(30)29(25(31)34-23)20-6-4-3-5-18(20)27/h3-13H,2,14H2,1H3/b23-12-. The highest BCUT2D eigenvalue weighted by Gasteiger charge is 2.37. The highest BCUT2D eigenvalue weighted by molar-refractivity contribution is 8.19. The first kappa shape index (κ1) is 24.5. The van der Waals surface area contributed by atoms with E-state index in [1.54, 1.807) is 66.7 Å². The number of imide groups is 1. The number of benzene rings is 3. The van der Waals surface area contributed by atoms with Crippen LogP contribution in [-0.2, 0) is 11.4 Å². The number of para-hydroxylation sites is 1. The SMILES string of the molecule is CCOc1cc(/C=C2\SC(=O)N(c3ccccc3Cl)C2=O)ccc1OCc1ccc(Cl)cc1Cl. The molecule has 0 unspecified atom stereocenters. The fraction of sp³-hybridized carbons (Fsp3) is 0.120. The van der Waals surface area contributed by atoms with Crippen LogP contribution in [0, 0.1) is 0 Å². The third-order valence-corrected chi connectivity index (χ3v) is 6.63. The van der Waals surface area contributed by atoms with E-state index in [0.29, 0.717) is 44.4 Å². The Morgan fingerprint density at radius 3 is 2.44 bits per heavy atom. The normalized spacial score (nSPS) is 14.7. The van der Waals surface area contributed by atoms with E-state index in [1.165, 1.54) is 0 Å². The van der Waals surface area contributed by atoms with Gasteiger partial charge in [0, 0.05) is 15.6 Å². The lowest BCUT2D eigenvalue weighted by atomic mass is 10.1. The molecule has 1 aliphatic rings. The average molecular weight is 535 g/mol. The predicted octanol–water partition coefficient (Wildman–Crippen LogP) is 7.87. The second kappa shape index (κ2) is 10.7. The van der Waals surface area contributed by atoms with Crippen molar-refractivity contribution >= 4 is 69.5 Å². The Balaban J connectivity index is 1.56. The summed E-state index contributed by atoms with van der Waals surface area (Å²) in [5.74, 6) is 0.597. The fourth-order valence-electron chi connectivity index (χ4n) is 3.26. The van der Waals surface area contributed by atoms with E-state index in [9.17, 15) is 9.59 Å². The van der Waals surface area contributed by atoms with Crippen LogP contribution in [0.3, 0.4) is 0 Å². The van der Waals surface area contributed by atoms with Gasteiger partial charge in [0.15, 0.2) is 11.5 Å². The van der Waals surface area contributed by atoms with Gasteiger partial charge in [0.25, 0.3) is 11.1 Å². The number of thioether (sulfide) groups is 1. The molecular formula is C25H18Cl3NO4S. The van der Waals surface area contributed by atoms with Gasteiger partial charge in [-0.2, -0.15) is 0 Å². The largest absolute Gasteiger partial charge is 0.490 e. The molecule has 0 atom stereocenters. The Hall–Kier alpha value is -2.64. The van der Waals surface area contributed by atoms with Gasteiger partial charge in [0.05, 0.1) is 22.2 Å². The van der Waals surface area contributed by atoms with Crippen molar-refractivity contribution in [3.05, 3.63) is 91.8 Å². The second-order valence-corrected chi connectivity index (χ2v) is 9.38. The number of ether oxygens (including phenoxy) is 2. The van der Waals surface area contributed by atoms with Crippen LogP contribution in [0.1, 0.15) is 18.1 Å². The van der Waals surface area contributed by atoms with Gasteiger partial charge in [0.2, 0.25) is 0 Å². The van der Waals surface area contributed by atoms with Gasteiger partial charge in [-0.25, -0.2) is 4.90 Å². The minimum Gasteiger partial charge on any atom is -0.490 e. The minimum atomic E-state index is -0.432. The number of hydrogen-bond acceptors (Lipinski definition) is 5. The van der Waals surface area contributed by atoms with Gasteiger partial charge in [-0.05, 0) is 66.7 Å². The van der Waals surface area contributed by atoms with E-state index in [-0.39, 0.29) is 11.5 Å². The summed E-state index contributed by atoms with van der Waals surface area (Å²) in [6, 6.07) is 17.2. The number of hydrogen-bond donors (Lipinski definition) is 0. The van der Waals surface area contributed by atoms with E-state index in [4.69, 9.17) is 44.3 Å². The molecule has 174 valence electrons.